The third kappa shape index (κ3) is 2.97. The van der Waals surface area contributed by atoms with Gasteiger partial charge in [-0.2, -0.15) is 10.1 Å². The second-order valence-corrected chi connectivity index (χ2v) is 4.99. The Balaban J connectivity index is 2.33. The number of carbonyl (C=O) groups excluding carboxylic acids is 1. The van der Waals surface area contributed by atoms with Gasteiger partial charge in [-0.05, 0) is 32.9 Å². The van der Waals surface area contributed by atoms with Crippen molar-refractivity contribution in [1.82, 2.24) is 5.01 Å². The van der Waals surface area contributed by atoms with Crippen molar-refractivity contribution in [3.63, 3.8) is 0 Å². The SMILES string of the molecule is CC(C)(C)OC(=O)N1C=CC=c2ccccc2=N1. The molecule has 1 amide bonds. The molecule has 0 bridgehead atoms. The summed E-state index contributed by atoms with van der Waals surface area (Å²) in [7, 11) is 0. The van der Waals surface area contributed by atoms with Crippen LogP contribution in [0.2, 0.25) is 0 Å². The van der Waals surface area contributed by atoms with Crippen molar-refractivity contribution in [2.24, 2.45) is 5.10 Å². The summed E-state index contributed by atoms with van der Waals surface area (Å²) in [5.74, 6) is 0. The van der Waals surface area contributed by atoms with E-state index < -0.39 is 11.7 Å². The molecule has 0 aliphatic carbocycles. The fraction of sp³-hybridized carbons (Fsp3) is 0.286. The van der Waals surface area contributed by atoms with E-state index in [1.54, 1.807) is 12.3 Å². The Labute approximate surface area is 106 Å². The van der Waals surface area contributed by atoms with Crippen LogP contribution in [-0.4, -0.2) is 16.7 Å². The number of nitrogens with zero attached hydrogens (tertiary/aromatic N) is 2. The molecule has 0 saturated heterocycles. The summed E-state index contributed by atoms with van der Waals surface area (Å²) in [4.78, 5) is 11.9. The van der Waals surface area contributed by atoms with E-state index >= 15 is 0 Å². The summed E-state index contributed by atoms with van der Waals surface area (Å²) < 4.78 is 5.28. The molecule has 0 radical (unpaired) electrons. The minimum atomic E-state index is -0.532. The first-order valence-electron chi connectivity index (χ1n) is 5.80. The molecule has 18 heavy (non-hydrogen) atoms. The van der Waals surface area contributed by atoms with E-state index in [1.807, 2.05) is 51.1 Å². The van der Waals surface area contributed by atoms with Gasteiger partial charge in [0.2, 0.25) is 0 Å². The largest absolute Gasteiger partial charge is 0.442 e. The zero-order valence-corrected chi connectivity index (χ0v) is 10.8. The molecule has 0 saturated carbocycles. The van der Waals surface area contributed by atoms with E-state index in [0.29, 0.717) is 0 Å². The van der Waals surface area contributed by atoms with Gasteiger partial charge in [-0.3, -0.25) is 0 Å². The number of amides is 1. The van der Waals surface area contributed by atoms with E-state index in [1.165, 1.54) is 5.01 Å². The van der Waals surface area contributed by atoms with Crippen molar-refractivity contribution >= 4 is 12.2 Å². The summed E-state index contributed by atoms with van der Waals surface area (Å²) in [6.07, 6.45) is 4.79. The highest BCUT2D eigenvalue weighted by atomic mass is 16.6. The Kier molecular flexibility index (Phi) is 3.19. The van der Waals surface area contributed by atoms with Gasteiger partial charge in [-0.1, -0.05) is 24.3 Å². The van der Waals surface area contributed by atoms with Crippen LogP contribution in [0.15, 0.2) is 41.6 Å². The molecule has 0 unspecified atom stereocenters. The molecule has 0 fully saturated rings. The Bertz CT molecular complexity index is 597. The topological polar surface area (TPSA) is 41.9 Å². The molecule has 0 N–H and O–H groups in total. The maximum Gasteiger partial charge on any atom is 0.435 e. The molecule has 0 spiro atoms. The minimum Gasteiger partial charge on any atom is -0.442 e. The van der Waals surface area contributed by atoms with Crippen molar-refractivity contribution in [2.45, 2.75) is 26.4 Å². The first-order valence-corrected chi connectivity index (χ1v) is 5.80. The lowest BCUT2D eigenvalue weighted by Crippen LogP contribution is -2.33. The van der Waals surface area contributed by atoms with Crippen LogP contribution in [0.3, 0.4) is 0 Å². The van der Waals surface area contributed by atoms with Crippen molar-refractivity contribution < 1.29 is 9.53 Å². The zero-order chi connectivity index (χ0) is 13.2. The number of fused-ring (bicyclic) bond motifs is 1. The van der Waals surface area contributed by atoms with E-state index in [9.17, 15) is 4.79 Å². The number of ether oxygens (including phenoxy) is 1. The molecular weight excluding hydrogens is 228 g/mol. The van der Waals surface area contributed by atoms with Crippen molar-refractivity contribution in [1.29, 1.82) is 0 Å². The number of hydrogen-bond acceptors (Lipinski definition) is 3. The summed E-state index contributed by atoms with van der Waals surface area (Å²) in [6.45, 7) is 5.48. The molecule has 0 aromatic heterocycles. The summed E-state index contributed by atoms with van der Waals surface area (Å²) in [5.41, 5.74) is -0.532. The van der Waals surface area contributed by atoms with Gasteiger partial charge >= 0.3 is 6.09 Å². The van der Waals surface area contributed by atoms with Gasteiger partial charge in [0.05, 0.1) is 5.36 Å². The minimum absolute atomic E-state index is 0.483. The monoisotopic (exact) mass is 244 g/mol. The van der Waals surface area contributed by atoms with Crippen LogP contribution in [0.25, 0.3) is 6.08 Å². The molecule has 0 atom stereocenters. The number of allylic oxidation sites excluding steroid dienone is 1. The highest BCUT2D eigenvalue weighted by molar-refractivity contribution is 5.69. The second-order valence-electron chi connectivity index (χ2n) is 4.99. The molecule has 2 rings (SSSR count). The van der Waals surface area contributed by atoms with Crippen LogP contribution in [0.4, 0.5) is 4.79 Å². The molecule has 1 aromatic rings. The van der Waals surface area contributed by atoms with Gasteiger partial charge in [-0.15, -0.1) is 0 Å². The van der Waals surface area contributed by atoms with Gasteiger partial charge in [0, 0.05) is 11.4 Å². The third-order valence-electron chi connectivity index (χ3n) is 2.24. The third-order valence-corrected chi connectivity index (χ3v) is 2.24. The van der Waals surface area contributed by atoms with Crippen LogP contribution < -0.4 is 10.6 Å². The fourth-order valence-corrected chi connectivity index (χ4v) is 1.51. The number of carbonyl (C=O) groups is 1. The van der Waals surface area contributed by atoms with Gasteiger partial charge in [-0.25, -0.2) is 4.79 Å². The molecule has 4 heteroatoms. The molecule has 94 valence electrons. The summed E-state index contributed by atoms with van der Waals surface area (Å²) in [6, 6.07) is 7.62. The van der Waals surface area contributed by atoms with Crippen molar-refractivity contribution in [3.8, 4) is 0 Å². The lowest BCUT2D eigenvalue weighted by atomic mass is 10.2. The van der Waals surface area contributed by atoms with Crippen LogP contribution in [0, 0.1) is 0 Å². The second kappa shape index (κ2) is 4.64. The maximum atomic E-state index is 11.9. The van der Waals surface area contributed by atoms with Crippen LogP contribution in [0.1, 0.15) is 20.8 Å². The molecule has 4 nitrogen and oxygen atoms in total. The van der Waals surface area contributed by atoms with Crippen LogP contribution >= 0.6 is 0 Å². The van der Waals surface area contributed by atoms with Crippen LogP contribution in [0.5, 0.6) is 0 Å². The average molecular weight is 244 g/mol. The molecule has 1 heterocycles. The standard InChI is InChI=1S/C14H16N2O2/c1-14(2,3)18-13(17)16-10-6-8-11-7-4-5-9-12(11)15-16/h4-10H,1-3H3. The van der Waals surface area contributed by atoms with Crippen molar-refractivity contribution in [2.75, 3.05) is 0 Å². The first-order chi connectivity index (χ1) is 8.46. The molecule has 1 aliphatic heterocycles. The lowest BCUT2D eigenvalue weighted by molar-refractivity contribution is 0.0332. The Morgan fingerprint density at radius 1 is 1.28 bits per heavy atom. The zero-order valence-electron chi connectivity index (χ0n) is 10.8. The fourth-order valence-electron chi connectivity index (χ4n) is 1.51. The molecule has 1 aliphatic rings. The smallest absolute Gasteiger partial charge is 0.435 e. The van der Waals surface area contributed by atoms with Gasteiger partial charge in [0.25, 0.3) is 0 Å². The van der Waals surface area contributed by atoms with Gasteiger partial charge in [0.15, 0.2) is 0 Å². The normalized spacial score (nSPS) is 14.1. The van der Waals surface area contributed by atoms with E-state index in [4.69, 9.17) is 4.74 Å². The average Bonchev–Trinajstić information content (AvgIpc) is 2.48. The maximum absolute atomic E-state index is 11.9. The Hall–Kier alpha value is -2.10. The van der Waals surface area contributed by atoms with E-state index in [-0.39, 0.29) is 0 Å². The van der Waals surface area contributed by atoms with E-state index in [0.717, 1.165) is 10.6 Å². The quantitative estimate of drug-likeness (QED) is 0.698. The predicted molar refractivity (Wildman–Crippen MR) is 68.9 cm³/mol. The lowest BCUT2D eigenvalue weighted by Gasteiger charge is -2.22. The first kappa shape index (κ1) is 12.4. The molecular formula is C14H16N2O2. The Morgan fingerprint density at radius 2 is 2.00 bits per heavy atom. The predicted octanol–water partition coefficient (Wildman–Crippen LogP) is 1.77. The number of rotatable bonds is 0. The number of hydrogen-bond donors (Lipinski definition) is 0. The summed E-state index contributed by atoms with van der Waals surface area (Å²) in [5, 5.41) is 7.20. The summed E-state index contributed by atoms with van der Waals surface area (Å²) >= 11 is 0. The highest BCUT2D eigenvalue weighted by Gasteiger charge is 2.20. The highest BCUT2D eigenvalue weighted by Crippen LogP contribution is 2.10. The number of benzene rings is 1. The Morgan fingerprint density at radius 3 is 2.72 bits per heavy atom. The van der Waals surface area contributed by atoms with Crippen LogP contribution in [-0.2, 0) is 4.74 Å². The van der Waals surface area contributed by atoms with Gasteiger partial charge in [0.1, 0.15) is 5.60 Å². The van der Waals surface area contributed by atoms with Gasteiger partial charge < -0.3 is 4.74 Å². The molecule has 1 aromatic carbocycles. The van der Waals surface area contributed by atoms with E-state index in [2.05, 4.69) is 5.10 Å². The van der Waals surface area contributed by atoms with Crippen molar-refractivity contribution in [3.05, 3.63) is 47.1 Å².